The smallest absolute Gasteiger partial charge is 0.349 e. The molecule has 0 radical (unpaired) electrons. The van der Waals surface area contributed by atoms with Crippen LogP contribution in [-0.4, -0.2) is 31.3 Å². The Kier molecular flexibility index (Phi) is 5.22. The number of pyridine rings is 1. The number of anilines is 1. The highest BCUT2D eigenvalue weighted by molar-refractivity contribution is 6.33. The third kappa shape index (κ3) is 4.70. The van der Waals surface area contributed by atoms with Crippen LogP contribution in [0.5, 0.6) is 0 Å². The third-order valence-corrected chi connectivity index (χ3v) is 2.51. The van der Waals surface area contributed by atoms with Gasteiger partial charge in [0.25, 0.3) is 0 Å². The summed E-state index contributed by atoms with van der Waals surface area (Å²) in [5.41, 5.74) is 0.839. The van der Waals surface area contributed by atoms with Gasteiger partial charge in [0, 0.05) is 19.8 Å². The van der Waals surface area contributed by atoms with Crippen molar-refractivity contribution in [1.82, 2.24) is 10.3 Å². The van der Waals surface area contributed by atoms with Gasteiger partial charge in [-0.25, -0.2) is 4.98 Å². The number of aromatic nitrogens is 1. The maximum Gasteiger partial charge on any atom is 0.405 e. The van der Waals surface area contributed by atoms with Crippen LogP contribution in [0.4, 0.5) is 19.0 Å². The SMILES string of the molecule is CCNCc1cnc(N(C)CC(F)(F)F)c(Cl)c1. The molecule has 102 valence electrons. The Balaban J connectivity index is 2.78. The van der Waals surface area contributed by atoms with Gasteiger partial charge in [-0.2, -0.15) is 13.2 Å². The first-order chi connectivity index (χ1) is 8.33. The van der Waals surface area contributed by atoms with E-state index in [4.69, 9.17) is 11.6 Å². The van der Waals surface area contributed by atoms with Crippen LogP contribution in [0.25, 0.3) is 0 Å². The first kappa shape index (κ1) is 15.0. The molecule has 1 aromatic rings. The fourth-order valence-electron chi connectivity index (χ4n) is 1.46. The third-order valence-electron chi connectivity index (χ3n) is 2.24. The maximum absolute atomic E-state index is 12.2. The lowest BCUT2D eigenvalue weighted by molar-refractivity contribution is -0.119. The van der Waals surface area contributed by atoms with Crippen molar-refractivity contribution in [3.8, 4) is 0 Å². The van der Waals surface area contributed by atoms with Gasteiger partial charge in [0.15, 0.2) is 0 Å². The monoisotopic (exact) mass is 281 g/mol. The molecular weight excluding hydrogens is 267 g/mol. The van der Waals surface area contributed by atoms with Crippen LogP contribution < -0.4 is 10.2 Å². The van der Waals surface area contributed by atoms with Crippen LogP contribution in [0.2, 0.25) is 5.02 Å². The molecule has 1 N–H and O–H groups in total. The van der Waals surface area contributed by atoms with Gasteiger partial charge < -0.3 is 10.2 Å². The summed E-state index contributed by atoms with van der Waals surface area (Å²) in [5.74, 6) is 0.134. The number of nitrogens with zero attached hydrogens (tertiary/aromatic N) is 2. The van der Waals surface area contributed by atoms with Crippen molar-refractivity contribution >= 4 is 17.4 Å². The molecule has 0 aliphatic rings. The Hall–Kier alpha value is -1.01. The Labute approximate surface area is 109 Å². The van der Waals surface area contributed by atoms with E-state index in [9.17, 15) is 13.2 Å². The van der Waals surface area contributed by atoms with Gasteiger partial charge in [0.05, 0.1) is 5.02 Å². The van der Waals surface area contributed by atoms with Gasteiger partial charge in [-0.15, -0.1) is 0 Å². The van der Waals surface area contributed by atoms with Crippen molar-refractivity contribution in [3.05, 3.63) is 22.8 Å². The van der Waals surface area contributed by atoms with Gasteiger partial charge in [0.1, 0.15) is 12.4 Å². The first-order valence-corrected chi connectivity index (χ1v) is 5.84. The molecular formula is C11H15ClF3N3. The van der Waals surface area contributed by atoms with Gasteiger partial charge in [-0.1, -0.05) is 18.5 Å². The summed E-state index contributed by atoms with van der Waals surface area (Å²) in [5, 5.41) is 3.31. The quantitative estimate of drug-likeness (QED) is 0.899. The van der Waals surface area contributed by atoms with E-state index < -0.39 is 12.7 Å². The first-order valence-electron chi connectivity index (χ1n) is 5.46. The molecule has 0 aliphatic heterocycles. The zero-order valence-corrected chi connectivity index (χ0v) is 10.9. The molecule has 0 saturated carbocycles. The lowest BCUT2D eigenvalue weighted by Crippen LogP contribution is -2.31. The van der Waals surface area contributed by atoms with Gasteiger partial charge in [-0.05, 0) is 18.2 Å². The molecule has 0 atom stereocenters. The van der Waals surface area contributed by atoms with Crippen molar-refractivity contribution in [2.24, 2.45) is 0 Å². The van der Waals surface area contributed by atoms with E-state index in [-0.39, 0.29) is 10.8 Å². The van der Waals surface area contributed by atoms with E-state index in [2.05, 4.69) is 10.3 Å². The molecule has 0 bridgehead atoms. The minimum atomic E-state index is -4.28. The summed E-state index contributed by atoms with van der Waals surface area (Å²) in [6.45, 7) is 2.27. The maximum atomic E-state index is 12.2. The summed E-state index contributed by atoms with van der Waals surface area (Å²) in [6, 6.07) is 1.62. The lowest BCUT2D eigenvalue weighted by atomic mass is 10.2. The second-order valence-corrected chi connectivity index (χ2v) is 4.31. The van der Waals surface area contributed by atoms with Gasteiger partial charge in [0.2, 0.25) is 0 Å². The van der Waals surface area contributed by atoms with Crippen LogP contribution in [0.1, 0.15) is 12.5 Å². The fourth-order valence-corrected chi connectivity index (χ4v) is 1.79. The number of nitrogens with one attached hydrogen (secondary N) is 1. The number of hydrogen-bond donors (Lipinski definition) is 1. The van der Waals surface area contributed by atoms with Crippen molar-refractivity contribution in [2.75, 3.05) is 25.0 Å². The molecule has 0 unspecified atom stereocenters. The minimum absolute atomic E-state index is 0.134. The Morgan fingerprint density at radius 2 is 2.11 bits per heavy atom. The lowest BCUT2D eigenvalue weighted by Gasteiger charge is -2.21. The number of hydrogen-bond acceptors (Lipinski definition) is 3. The van der Waals surface area contributed by atoms with Crippen LogP contribution in [-0.2, 0) is 6.54 Å². The average molecular weight is 282 g/mol. The van der Waals surface area contributed by atoms with Crippen LogP contribution >= 0.6 is 11.6 Å². The van der Waals surface area contributed by atoms with Crippen molar-refractivity contribution in [1.29, 1.82) is 0 Å². The number of halogens is 4. The average Bonchev–Trinajstić information content (AvgIpc) is 2.23. The predicted octanol–water partition coefficient (Wildman–Crippen LogP) is 2.84. The largest absolute Gasteiger partial charge is 0.405 e. The molecule has 0 aliphatic carbocycles. The Morgan fingerprint density at radius 1 is 1.44 bits per heavy atom. The highest BCUT2D eigenvalue weighted by atomic mass is 35.5. The molecule has 0 saturated heterocycles. The van der Waals surface area contributed by atoms with E-state index in [0.717, 1.165) is 17.0 Å². The molecule has 1 aromatic heterocycles. The zero-order chi connectivity index (χ0) is 13.8. The molecule has 0 amide bonds. The van der Waals surface area contributed by atoms with E-state index in [1.165, 1.54) is 13.2 Å². The predicted molar refractivity (Wildman–Crippen MR) is 66.0 cm³/mol. The highest BCUT2D eigenvalue weighted by Gasteiger charge is 2.30. The number of rotatable bonds is 5. The molecule has 18 heavy (non-hydrogen) atoms. The van der Waals surface area contributed by atoms with Crippen LogP contribution in [0, 0.1) is 0 Å². The summed E-state index contributed by atoms with van der Waals surface area (Å²) in [4.78, 5) is 4.95. The molecule has 3 nitrogen and oxygen atoms in total. The summed E-state index contributed by atoms with van der Waals surface area (Å²) < 4.78 is 36.7. The summed E-state index contributed by atoms with van der Waals surface area (Å²) in [7, 11) is 1.31. The van der Waals surface area contributed by atoms with E-state index >= 15 is 0 Å². The molecule has 1 rings (SSSR count). The van der Waals surface area contributed by atoms with Gasteiger partial charge >= 0.3 is 6.18 Å². The van der Waals surface area contributed by atoms with Crippen molar-refractivity contribution < 1.29 is 13.2 Å². The topological polar surface area (TPSA) is 28.2 Å². The van der Waals surface area contributed by atoms with Gasteiger partial charge in [-0.3, -0.25) is 0 Å². The van der Waals surface area contributed by atoms with Crippen LogP contribution in [0.3, 0.4) is 0 Å². The summed E-state index contributed by atoms with van der Waals surface area (Å²) in [6.07, 6.45) is -2.75. The van der Waals surface area contributed by atoms with Crippen molar-refractivity contribution in [2.45, 2.75) is 19.6 Å². The minimum Gasteiger partial charge on any atom is -0.349 e. The molecule has 0 spiro atoms. The Bertz CT molecular complexity index is 396. The van der Waals surface area contributed by atoms with Crippen molar-refractivity contribution in [3.63, 3.8) is 0 Å². The number of alkyl halides is 3. The molecule has 0 aromatic carbocycles. The zero-order valence-electron chi connectivity index (χ0n) is 10.2. The molecule has 0 fully saturated rings. The molecule has 7 heteroatoms. The van der Waals surface area contributed by atoms with E-state index in [1.54, 1.807) is 6.07 Å². The second kappa shape index (κ2) is 6.24. The Morgan fingerprint density at radius 3 is 2.61 bits per heavy atom. The normalized spacial score (nSPS) is 11.7. The van der Waals surface area contributed by atoms with Crippen LogP contribution in [0.15, 0.2) is 12.3 Å². The molecule has 1 heterocycles. The second-order valence-electron chi connectivity index (χ2n) is 3.90. The van der Waals surface area contributed by atoms with E-state index in [0.29, 0.717) is 6.54 Å². The summed E-state index contributed by atoms with van der Waals surface area (Å²) >= 11 is 5.93. The standard InChI is InChI=1S/C11H15ClF3N3/c1-3-16-5-8-4-9(12)10(17-6-8)18(2)7-11(13,14)15/h4,6,16H,3,5,7H2,1-2H3. The fraction of sp³-hybridized carbons (Fsp3) is 0.545. The van der Waals surface area contributed by atoms with E-state index in [1.807, 2.05) is 6.92 Å². The highest BCUT2D eigenvalue weighted by Crippen LogP contribution is 2.26.